The van der Waals surface area contributed by atoms with E-state index in [0.29, 0.717) is 23.6 Å². The first-order valence-corrected chi connectivity index (χ1v) is 6.70. The molecule has 1 rings (SSSR count). The van der Waals surface area contributed by atoms with Crippen molar-refractivity contribution in [3.8, 4) is 11.8 Å². The molecule has 0 aliphatic heterocycles. The van der Waals surface area contributed by atoms with Gasteiger partial charge in [0, 0.05) is 18.9 Å². The number of aromatic nitrogens is 1. The van der Waals surface area contributed by atoms with Crippen LogP contribution in [-0.2, 0) is 0 Å². The number of aliphatic hydroxyl groups excluding tert-OH is 1. The zero-order valence-corrected chi connectivity index (χ0v) is 12.5. The van der Waals surface area contributed by atoms with Crippen molar-refractivity contribution in [3.63, 3.8) is 0 Å². The van der Waals surface area contributed by atoms with E-state index in [0.717, 1.165) is 0 Å². The summed E-state index contributed by atoms with van der Waals surface area (Å²) in [5, 5.41) is 11.7. The number of carbonyl (C=O) groups is 1. The molecule has 1 heterocycles. The third-order valence-electron chi connectivity index (χ3n) is 3.64. The fraction of sp³-hybridized carbons (Fsp3) is 0.500. The van der Waals surface area contributed by atoms with Gasteiger partial charge < -0.3 is 10.4 Å². The first-order valence-electron chi connectivity index (χ1n) is 6.70. The number of aliphatic hydroxyl groups is 1. The van der Waals surface area contributed by atoms with E-state index in [-0.39, 0.29) is 17.9 Å². The molecule has 0 fully saturated rings. The minimum atomic E-state index is -0.240. The average Bonchev–Trinajstić information content (AvgIpc) is 2.42. The lowest BCUT2D eigenvalue weighted by Gasteiger charge is -2.29. The topological polar surface area (TPSA) is 62.2 Å². The molecule has 0 radical (unpaired) electrons. The van der Waals surface area contributed by atoms with Crippen LogP contribution < -0.4 is 5.32 Å². The van der Waals surface area contributed by atoms with E-state index < -0.39 is 0 Å². The first-order chi connectivity index (χ1) is 9.38. The molecule has 0 bridgehead atoms. The monoisotopic (exact) mass is 274 g/mol. The SMILES string of the molecule is CC(C)C(C)(C)CNC(=O)c1ccncc1C#CCO. The van der Waals surface area contributed by atoms with Crippen molar-refractivity contribution in [3.05, 3.63) is 29.6 Å². The standard InChI is InChI=1S/C16H22N2O2/c1-12(2)16(3,4)11-18-15(20)14-7-8-17-10-13(14)6-5-9-19/h7-8,10,12,19H,9,11H2,1-4H3,(H,18,20). The Labute approximate surface area is 120 Å². The Hall–Kier alpha value is -1.86. The Balaban J connectivity index is 2.83. The third kappa shape index (κ3) is 4.36. The maximum Gasteiger partial charge on any atom is 0.252 e. The molecule has 0 saturated heterocycles. The third-order valence-corrected chi connectivity index (χ3v) is 3.64. The molecule has 0 aromatic carbocycles. The Bertz CT molecular complexity index is 525. The summed E-state index contributed by atoms with van der Waals surface area (Å²) < 4.78 is 0. The van der Waals surface area contributed by atoms with Gasteiger partial charge in [-0.25, -0.2) is 0 Å². The van der Waals surface area contributed by atoms with E-state index in [2.05, 4.69) is 49.8 Å². The quantitative estimate of drug-likeness (QED) is 0.824. The van der Waals surface area contributed by atoms with Crippen LogP contribution in [0.2, 0.25) is 0 Å². The largest absolute Gasteiger partial charge is 0.384 e. The van der Waals surface area contributed by atoms with Gasteiger partial charge in [-0.3, -0.25) is 9.78 Å². The summed E-state index contributed by atoms with van der Waals surface area (Å²) in [6, 6.07) is 1.64. The Morgan fingerprint density at radius 1 is 1.50 bits per heavy atom. The van der Waals surface area contributed by atoms with Crippen molar-refractivity contribution >= 4 is 5.91 Å². The molecule has 108 valence electrons. The molecule has 1 aromatic rings. The molecule has 4 nitrogen and oxygen atoms in total. The number of pyridine rings is 1. The van der Waals surface area contributed by atoms with Crippen LogP contribution in [-0.4, -0.2) is 29.1 Å². The van der Waals surface area contributed by atoms with Crippen LogP contribution in [0.15, 0.2) is 18.5 Å². The highest BCUT2D eigenvalue weighted by atomic mass is 16.2. The normalized spacial score (nSPS) is 10.9. The number of rotatable bonds is 4. The Morgan fingerprint density at radius 2 is 2.20 bits per heavy atom. The molecule has 0 unspecified atom stereocenters. The first kappa shape index (κ1) is 16.2. The number of nitrogens with one attached hydrogen (secondary N) is 1. The van der Waals surface area contributed by atoms with Gasteiger partial charge in [0.1, 0.15) is 6.61 Å². The van der Waals surface area contributed by atoms with Crippen LogP contribution in [0.25, 0.3) is 0 Å². The number of hydrogen-bond acceptors (Lipinski definition) is 3. The van der Waals surface area contributed by atoms with Crippen LogP contribution in [0.4, 0.5) is 0 Å². The van der Waals surface area contributed by atoms with Gasteiger partial charge in [-0.2, -0.15) is 0 Å². The lowest BCUT2D eigenvalue weighted by Crippen LogP contribution is -2.37. The van der Waals surface area contributed by atoms with Crippen LogP contribution in [0, 0.1) is 23.2 Å². The molecule has 1 amide bonds. The highest BCUT2D eigenvalue weighted by molar-refractivity contribution is 5.96. The van der Waals surface area contributed by atoms with E-state index >= 15 is 0 Å². The Morgan fingerprint density at radius 3 is 2.80 bits per heavy atom. The van der Waals surface area contributed by atoms with Gasteiger partial charge in [-0.1, -0.05) is 39.5 Å². The van der Waals surface area contributed by atoms with Gasteiger partial charge in [-0.15, -0.1) is 0 Å². The molecular weight excluding hydrogens is 252 g/mol. The second kappa shape index (κ2) is 7.06. The minimum Gasteiger partial charge on any atom is -0.384 e. The second-order valence-electron chi connectivity index (χ2n) is 5.71. The van der Waals surface area contributed by atoms with Crippen LogP contribution in [0.5, 0.6) is 0 Å². The summed E-state index contributed by atoms with van der Waals surface area (Å²) in [5.41, 5.74) is 1.04. The molecule has 20 heavy (non-hydrogen) atoms. The van der Waals surface area contributed by atoms with Gasteiger partial charge in [0.25, 0.3) is 5.91 Å². The number of amides is 1. The second-order valence-corrected chi connectivity index (χ2v) is 5.71. The van der Waals surface area contributed by atoms with Crippen LogP contribution >= 0.6 is 0 Å². The maximum absolute atomic E-state index is 12.2. The molecule has 0 aliphatic carbocycles. The lowest BCUT2D eigenvalue weighted by atomic mass is 9.81. The summed E-state index contributed by atoms with van der Waals surface area (Å²) in [7, 11) is 0. The van der Waals surface area contributed by atoms with Crippen molar-refractivity contribution in [1.29, 1.82) is 0 Å². The van der Waals surface area contributed by atoms with Crippen molar-refractivity contribution in [2.75, 3.05) is 13.2 Å². The van der Waals surface area contributed by atoms with Gasteiger partial charge in [0.2, 0.25) is 0 Å². The fourth-order valence-corrected chi connectivity index (χ4v) is 1.43. The minimum absolute atomic E-state index is 0.0274. The number of carbonyl (C=O) groups excluding carboxylic acids is 1. The maximum atomic E-state index is 12.2. The predicted molar refractivity (Wildman–Crippen MR) is 79.2 cm³/mol. The fourth-order valence-electron chi connectivity index (χ4n) is 1.43. The zero-order chi connectivity index (χ0) is 15.2. The Kier molecular flexibility index (Phi) is 5.72. The zero-order valence-electron chi connectivity index (χ0n) is 12.5. The van der Waals surface area contributed by atoms with Gasteiger partial charge >= 0.3 is 0 Å². The molecule has 0 saturated carbocycles. The summed E-state index contributed by atoms with van der Waals surface area (Å²) >= 11 is 0. The van der Waals surface area contributed by atoms with Crippen LogP contribution in [0.3, 0.4) is 0 Å². The van der Waals surface area contributed by atoms with E-state index in [1.807, 2.05) is 0 Å². The van der Waals surface area contributed by atoms with Crippen molar-refractivity contribution in [2.24, 2.45) is 11.3 Å². The highest BCUT2D eigenvalue weighted by Crippen LogP contribution is 2.24. The number of hydrogen-bond donors (Lipinski definition) is 2. The molecule has 1 aromatic heterocycles. The highest BCUT2D eigenvalue weighted by Gasteiger charge is 2.23. The summed E-state index contributed by atoms with van der Waals surface area (Å²) in [4.78, 5) is 16.2. The van der Waals surface area contributed by atoms with Gasteiger partial charge in [-0.05, 0) is 17.4 Å². The predicted octanol–water partition coefficient (Wildman–Crippen LogP) is 1.84. The van der Waals surface area contributed by atoms with Crippen LogP contribution in [0.1, 0.15) is 43.6 Å². The van der Waals surface area contributed by atoms with E-state index in [1.54, 1.807) is 12.3 Å². The van der Waals surface area contributed by atoms with E-state index in [4.69, 9.17) is 5.11 Å². The smallest absolute Gasteiger partial charge is 0.252 e. The van der Waals surface area contributed by atoms with E-state index in [9.17, 15) is 4.79 Å². The summed E-state index contributed by atoms with van der Waals surface area (Å²) in [6.07, 6.45) is 3.10. The van der Waals surface area contributed by atoms with Crippen molar-refractivity contribution in [1.82, 2.24) is 10.3 Å². The average molecular weight is 274 g/mol. The molecule has 2 N–H and O–H groups in total. The summed E-state index contributed by atoms with van der Waals surface area (Å²) in [5.74, 6) is 5.58. The van der Waals surface area contributed by atoms with Crippen molar-refractivity contribution in [2.45, 2.75) is 27.7 Å². The molecule has 0 atom stereocenters. The summed E-state index contributed by atoms with van der Waals surface area (Å²) in [6.45, 7) is 8.87. The number of nitrogens with zero attached hydrogens (tertiary/aromatic N) is 1. The molecule has 0 aliphatic rings. The van der Waals surface area contributed by atoms with E-state index in [1.165, 1.54) is 6.20 Å². The molecule has 4 heteroatoms. The van der Waals surface area contributed by atoms with Crippen molar-refractivity contribution < 1.29 is 9.90 Å². The molecular formula is C16H22N2O2. The molecule has 0 spiro atoms. The van der Waals surface area contributed by atoms with Gasteiger partial charge in [0.15, 0.2) is 0 Å². The van der Waals surface area contributed by atoms with Gasteiger partial charge in [0.05, 0.1) is 11.1 Å². The lowest BCUT2D eigenvalue weighted by molar-refractivity contribution is 0.0924.